The molecule has 2 aromatic rings. The standard InChI is InChI=1S/C15H12BrIO3S/c1-11-5-7-14(8-6-11)21(18,19)20-15(10-17)12-3-2-4-13(16)9-12/h2-10H,1H3/b15-10+. The molecule has 21 heavy (non-hydrogen) atoms. The molecule has 6 heteroatoms. The van der Waals surface area contributed by atoms with Crippen LogP contribution < -0.4 is 0 Å². The molecule has 110 valence electrons. The quantitative estimate of drug-likeness (QED) is 0.356. The van der Waals surface area contributed by atoms with Gasteiger partial charge in [-0.1, -0.05) is 45.8 Å². The van der Waals surface area contributed by atoms with Crippen molar-refractivity contribution in [3.8, 4) is 0 Å². The summed E-state index contributed by atoms with van der Waals surface area (Å²) < 4.78 is 32.3. The summed E-state index contributed by atoms with van der Waals surface area (Å²) >= 11 is 5.32. The van der Waals surface area contributed by atoms with Crippen LogP contribution in [0.2, 0.25) is 0 Å². The van der Waals surface area contributed by atoms with E-state index in [2.05, 4.69) is 15.9 Å². The molecule has 0 heterocycles. The van der Waals surface area contributed by atoms with E-state index in [9.17, 15) is 8.42 Å². The Morgan fingerprint density at radius 3 is 2.43 bits per heavy atom. The maximum Gasteiger partial charge on any atom is 0.339 e. The molecular formula is C15H12BrIO3S. The molecule has 0 aliphatic heterocycles. The largest absolute Gasteiger partial charge is 0.378 e. The first-order valence-electron chi connectivity index (χ1n) is 6.00. The van der Waals surface area contributed by atoms with Gasteiger partial charge < -0.3 is 4.18 Å². The first kappa shape index (κ1) is 16.5. The maximum absolute atomic E-state index is 12.3. The Morgan fingerprint density at radius 2 is 1.86 bits per heavy atom. The molecule has 0 bridgehead atoms. The van der Waals surface area contributed by atoms with Gasteiger partial charge in [-0.3, -0.25) is 0 Å². The Hall–Kier alpha value is -0.860. The van der Waals surface area contributed by atoms with Crippen LogP contribution in [0, 0.1) is 6.92 Å². The smallest absolute Gasteiger partial charge is 0.339 e. The Balaban J connectivity index is 2.32. The molecule has 0 N–H and O–H groups in total. The van der Waals surface area contributed by atoms with Crippen LogP contribution in [-0.2, 0) is 14.3 Å². The number of rotatable bonds is 4. The minimum absolute atomic E-state index is 0.138. The van der Waals surface area contributed by atoms with Gasteiger partial charge in [-0.25, -0.2) is 0 Å². The van der Waals surface area contributed by atoms with Crippen molar-refractivity contribution in [2.24, 2.45) is 0 Å². The van der Waals surface area contributed by atoms with Crippen LogP contribution in [0.25, 0.3) is 5.76 Å². The van der Waals surface area contributed by atoms with E-state index in [0.29, 0.717) is 5.56 Å². The molecular weight excluding hydrogens is 467 g/mol. The lowest BCUT2D eigenvalue weighted by Crippen LogP contribution is -2.05. The summed E-state index contributed by atoms with van der Waals surface area (Å²) in [6, 6.07) is 13.8. The molecule has 0 fully saturated rings. The molecule has 0 saturated heterocycles. The summed E-state index contributed by atoms with van der Waals surface area (Å²) in [6.07, 6.45) is 0. The Bertz CT molecular complexity index is 768. The van der Waals surface area contributed by atoms with Gasteiger partial charge in [0.15, 0.2) is 5.76 Å². The minimum atomic E-state index is -3.84. The van der Waals surface area contributed by atoms with Crippen molar-refractivity contribution in [3.63, 3.8) is 0 Å². The Labute approximate surface area is 146 Å². The van der Waals surface area contributed by atoms with Crippen LogP contribution in [0.5, 0.6) is 0 Å². The van der Waals surface area contributed by atoms with Gasteiger partial charge in [0.1, 0.15) is 4.90 Å². The van der Waals surface area contributed by atoms with Gasteiger partial charge in [0, 0.05) is 14.1 Å². The van der Waals surface area contributed by atoms with E-state index in [1.165, 1.54) is 12.1 Å². The van der Waals surface area contributed by atoms with Crippen LogP contribution in [0.4, 0.5) is 0 Å². The first-order chi connectivity index (χ1) is 9.92. The van der Waals surface area contributed by atoms with Gasteiger partial charge in [-0.05, 0) is 53.8 Å². The van der Waals surface area contributed by atoms with Gasteiger partial charge in [0.05, 0.1) is 0 Å². The summed E-state index contributed by atoms with van der Waals surface area (Å²) in [7, 11) is -3.84. The zero-order chi connectivity index (χ0) is 15.5. The molecule has 0 unspecified atom stereocenters. The second-order valence-electron chi connectivity index (χ2n) is 4.33. The zero-order valence-electron chi connectivity index (χ0n) is 11.1. The van der Waals surface area contributed by atoms with Crippen LogP contribution >= 0.6 is 38.5 Å². The van der Waals surface area contributed by atoms with Crippen LogP contribution in [0.3, 0.4) is 0 Å². The van der Waals surface area contributed by atoms with Crippen molar-refractivity contribution < 1.29 is 12.6 Å². The third kappa shape index (κ3) is 4.31. The summed E-state index contributed by atoms with van der Waals surface area (Å²) in [6.45, 7) is 1.90. The lowest BCUT2D eigenvalue weighted by Gasteiger charge is -2.10. The zero-order valence-corrected chi connectivity index (χ0v) is 15.6. The second-order valence-corrected chi connectivity index (χ2v) is 7.42. The van der Waals surface area contributed by atoms with Crippen molar-refractivity contribution in [2.75, 3.05) is 0 Å². The topological polar surface area (TPSA) is 43.4 Å². The number of aryl methyl sites for hydroxylation is 1. The van der Waals surface area contributed by atoms with Gasteiger partial charge in [0.2, 0.25) is 0 Å². The van der Waals surface area contributed by atoms with Crippen molar-refractivity contribution in [1.82, 2.24) is 0 Å². The number of benzene rings is 2. The molecule has 2 aromatic carbocycles. The molecule has 0 aliphatic rings. The monoisotopic (exact) mass is 478 g/mol. The van der Waals surface area contributed by atoms with E-state index in [-0.39, 0.29) is 10.7 Å². The summed E-state index contributed by atoms with van der Waals surface area (Å²) in [5, 5.41) is 0. The van der Waals surface area contributed by atoms with E-state index in [1.807, 2.05) is 41.6 Å². The fraction of sp³-hybridized carbons (Fsp3) is 0.0667. The molecule has 0 saturated carbocycles. The highest BCUT2D eigenvalue weighted by atomic mass is 127. The van der Waals surface area contributed by atoms with Crippen molar-refractivity contribution >= 4 is 54.4 Å². The fourth-order valence-corrected chi connectivity index (χ4v) is 3.65. The van der Waals surface area contributed by atoms with Crippen LogP contribution in [0.1, 0.15) is 11.1 Å². The van der Waals surface area contributed by atoms with Gasteiger partial charge in [0.25, 0.3) is 0 Å². The van der Waals surface area contributed by atoms with Gasteiger partial charge in [-0.15, -0.1) is 0 Å². The SMILES string of the molecule is Cc1ccc(S(=O)(=O)O/C(=C/I)c2cccc(Br)c2)cc1. The maximum atomic E-state index is 12.3. The Morgan fingerprint density at radius 1 is 1.19 bits per heavy atom. The number of hydrogen-bond acceptors (Lipinski definition) is 3. The minimum Gasteiger partial charge on any atom is -0.378 e. The predicted octanol–water partition coefficient (Wildman–Crippen LogP) is 4.90. The van der Waals surface area contributed by atoms with Crippen LogP contribution in [0.15, 0.2) is 62.0 Å². The molecule has 0 atom stereocenters. The average molecular weight is 479 g/mol. The summed E-state index contributed by atoms with van der Waals surface area (Å²) in [5.41, 5.74) is 1.68. The van der Waals surface area contributed by atoms with Crippen molar-refractivity contribution in [3.05, 3.63) is 68.2 Å². The fourth-order valence-electron chi connectivity index (χ4n) is 1.64. The van der Waals surface area contributed by atoms with E-state index in [0.717, 1.165) is 10.0 Å². The van der Waals surface area contributed by atoms with Gasteiger partial charge in [-0.2, -0.15) is 8.42 Å². The highest BCUT2D eigenvalue weighted by molar-refractivity contribution is 14.1. The predicted molar refractivity (Wildman–Crippen MR) is 95.6 cm³/mol. The number of hydrogen-bond donors (Lipinski definition) is 0. The van der Waals surface area contributed by atoms with Crippen molar-refractivity contribution in [1.29, 1.82) is 0 Å². The lowest BCUT2D eigenvalue weighted by atomic mass is 10.2. The third-order valence-electron chi connectivity index (χ3n) is 2.72. The summed E-state index contributed by atoms with van der Waals surface area (Å²) in [5.74, 6) is 0.289. The highest BCUT2D eigenvalue weighted by Gasteiger charge is 2.18. The summed E-state index contributed by atoms with van der Waals surface area (Å²) in [4.78, 5) is 0.138. The Kier molecular flexibility index (Phi) is 5.45. The molecule has 0 spiro atoms. The van der Waals surface area contributed by atoms with E-state index < -0.39 is 10.1 Å². The second kappa shape index (κ2) is 6.93. The van der Waals surface area contributed by atoms with Crippen molar-refractivity contribution in [2.45, 2.75) is 11.8 Å². The third-order valence-corrected chi connectivity index (χ3v) is 5.02. The molecule has 0 aromatic heterocycles. The molecule has 0 radical (unpaired) electrons. The average Bonchev–Trinajstić information content (AvgIpc) is 2.45. The lowest BCUT2D eigenvalue weighted by molar-refractivity contribution is 0.464. The molecule has 0 aliphatic carbocycles. The molecule has 0 amide bonds. The van der Waals surface area contributed by atoms with E-state index in [4.69, 9.17) is 4.18 Å². The van der Waals surface area contributed by atoms with E-state index in [1.54, 1.807) is 28.3 Å². The normalized spacial score (nSPS) is 12.2. The number of halogens is 2. The van der Waals surface area contributed by atoms with Crippen LogP contribution in [-0.4, -0.2) is 8.42 Å². The molecule has 3 nitrogen and oxygen atoms in total. The first-order valence-corrected chi connectivity index (χ1v) is 9.44. The van der Waals surface area contributed by atoms with Gasteiger partial charge >= 0.3 is 10.1 Å². The van der Waals surface area contributed by atoms with E-state index >= 15 is 0 Å². The highest BCUT2D eigenvalue weighted by Crippen LogP contribution is 2.26. The molecule has 2 rings (SSSR count).